The van der Waals surface area contributed by atoms with Crippen molar-refractivity contribution in [2.75, 3.05) is 14.2 Å². The summed E-state index contributed by atoms with van der Waals surface area (Å²) < 4.78 is 9.28. The van der Waals surface area contributed by atoms with Gasteiger partial charge < -0.3 is 9.47 Å². The van der Waals surface area contributed by atoms with Gasteiger partial charge in [-0.25, -0.2) is 4.79 Å². The number of carbonyl (C=O) groups is 1. The molecule has 1 aromatic rings. The zero-order chi connectivity index (χ0) is 8.97. The molecule has 64 valence electrons. The highest BCUT2D eigenvalue weighted by molar-refractivity contribution is 5.87. The molecule has 0 bridgehead atoms. The largest absolute Gasteiger partial charge is 0.495 e. The standard InChI is InChI=1S/C7H8N2O3/c1-11-5-3-6(7(10)12-2)9-8-4-5/h3-4H,1-2H3. The second-order valence-corrected chi connectivity index (χ2v) is 1.97. The second kappa shape index (κ2) is 3.66. The molecular formula is C7H8N2O3. The van der Waals surface area contributed by atoms with Crippen LogP contribution in [0.1, 0.15) is 10.5 Å². The average Bonchev–Trinajstić information content (AvgIpc) is 2.17. The fraction of sp³-hybridized carbons (Fsp3) is 0.286. The van der Waals surface area contributed by atoms with Crippen LogP contribution in [0.3, 0.4) is 0 Å². The van der Waals surface area contributed by atoms with Gasteiger partial charge in [0, 0.05) is 6.07 Å². The van der Waals surface area contributed by atoms with Crippen molar-refractivity contribution in [3.05, 3.63) is 18.0 Å². The highest BCUT2D eigenvalue weighted by Gasteiger charge is 2.07. The number of nitrogens with zero attached hydrogens (tertiary/aromatic N) is 2. The summed E-state index contributed by atoms with van der Waals surface area (Å²) in [6.45, 7) is 0. The summed E-state index contributed by atoms with van der Waals surface area (Å²) in [5.41, 5.74) is 0.136. The van der Waals surface area contributed by atoms with Crippen LogP contribution in [0.2, 0.25) is 0 Å². The van der Waals surface area contributed by atoms with Crippen molar-refractivity contribution in [2.24, 2.45) is 0 Å². The van der Waals surface area contributed by atoms with Gasteiger partial charge in [0.1, 0.15) is 5.75 Å². The van der Waals surface area contributed by atoms with Crippen molar-refractivity contribution in [1.29, 1.82) is 0 Å². The number of rotatable bonds is 2. The number of esters is 1. The number of methoxy groups -OCH3 is 2. The van der Waals surface area contributed by atoms with Crippen LogP contribution in [0, 0.1) is 0 Å². The first kappa shape index (κ1) is 8.45. The minimum atomic E-state index is -0.526. The van der Waals surface area contributed by atoms with Gasteiger partial charge in [0.15, 0.2) is 5.69 Å². The molecule has 5 heteroatoms. The lowest BCUT2D eigenvalue weighted by Crippen LogP contribution is -2.05. The quantitative estimate of drug-likeness (QED) is 0.593. The first-order valence-corrected chi connectivity index (χ1v) is 3.23. The smallest absolute Gasteiger partial charge is 0.358 e. The van der Waals surface area contributed by atoms with Crippen molar-refractivity contribution in [1.82, 2.24) is 10.2 Å². The molecule has 0 aliphatic carbocycles. The van der Waals surface area contributed by atoms with E-state index in [1.807, 2.05) is 0 Å². The first-order valence-electron chi connectivity index (χ1n) is 3.23. The lowest BCUT2D eigenvalue weighted by Gasteiger charge is -1.99. The molecule has 0 fully saturated rings. The Labute approximate surface area is 69.3 Å². The lowest BCUT2D eigenvalue weighted by atomic mass is 10.4. The van der Waals surface area contributed by atoms with Crippen LogP contribution >= 0.6 is 0 Å². The molecule has 0 aliphatic rings. The molecule has 0 aliphatic heterocycles. The summed E-state index contributed by atoms with van der Waals surface area (Å²) in [6, 6.07) is 1.46. The summed E-state index contributed by atoms with van der Waals surface area (Å²) in [5.74, 6) is -0.0493. The maximum atomic E-state index is 10.9. The SMILES string of the molecule is COC(=O)c1cc(OC)cnn1. The van der Waals surface area contributed by atoms with Gasteiger partial charge in [-0.2, -0.15) is 5.10 Å². The maximum absolute atomic E-state index is 10.9. The van der Waals surface area contributed by atoms with E-state index in [0.29, 0.717) is 5.75 Å². The average molecular weight is 168 g/mol. The predicted octanol–water partition coefficient (Wildman–Crippen LogP) is 0.272. The number of hydrogen-bond acceptors (Lipinski definition) is 5. The van der Waals surface area contributed by atoms with E-state index in [9.17, 15) is 4.79 Å². The summed E-state index contributed by atoms with van der Waals surface area (Å²) in [5, 5.41) is 7.10. The molecule has 5 nitrogen and oxygen atoms in total. The molecule has 1 rings (SSSR count). The number of aromatic nitrogens is 2. The van der Waals surface area contributed by atoms with Gasteiger partial charge in [-0.05, 0) is 0 Å². The van der Waals surface area contributed by atoms with Crippen LogP contribution < -0.4 is 4.74 Å². The van der Waals surface area contributed by atoms with Crippen molar-refractivity contribution in [2.45, 2.75) is 0 Å². The molecule has 0 amide bonds. The van der Waals surface area contributed by atoms with Gasteiger partial charge in [0.25, 0.3) is 0 Å². The van der Waals surface area contributed by atoms with Gasteiger partial charge in [-0.1, -0.05) is 0 Å². The fourth-order valence-electron chi connectivity index (χ4n) is 0.665. The molecule has 0 radical (unpaired) electrons. The minimum absolute atomic E-state index is 0.136. The van der Waals surface area contributed by atoms with Gasteiger partial charge in [-0.3, -0.25) is 0 Å². The molecule has 1 aromatic heterocycles. The summed E-state index contributed by atoms with van der Waals surface area (Å²) in [6.07, 6.45) is 1.41. The molecular weight excluding hydrogens is 160 g/mol. The second-order valence-electron chi connectivity index (χ2n) is 1.97. The highest BCUT2D eigenvalue weighted by atomic mass is 16.5. The molecule has 1 heterocycles. The Hall–Kier alpha value is -1.65. The van der Waals surface area contributed by atoms with E-state index in [2.05, 4.69) is 14.9 Å². The van der Waals surface area contributed by atoms with Crippen molar-refractivity contribution >= 4 is 5.97 Å². The van der Waals surface area contributed by atoms with Gasteiger partial charge in [0.05, 0.1) is 20.4 Å². The van der Waals surface area contributed by atoms with E-state index >= 15 is 0 Å². The van der Waals surface area contributed by atoms with Crippen LogP contribution in [0.25, 0.3) is 0 Å². The van der Waals surface area contributed by atoms with Crippen LogP contribution in [0.15, 0.2) is 12.3 Å². The molecule has 0 saturated carbocycles. The molecule has 0 aromatic carbocycles. The van der Waals surface area contributed by atoms with E-state index in [-0.39, 0.29) is 5.69 Å². The monoisotopic (exact) mass is 168 g/mol. The third kappa shape index (κ3) is 1.69. The third-order valence-electron chi connectivity index (χ3n) is 1.26. The zero-order valence-corrected chi connectivity index (χ0v) is 6.77. The van der Waals surface area contributed by atoms with Crippen molar-refractivity contribution in [3.8, 4) is 5.75 Å². The van der Waals surface area contributed by atoms with Crippen LogP contribution in [-0.2, 0) is 4.74 Å². The lowest BCUT2D eigenvalue weighted by molar-refractivity contribution is 0.0592. The maximum Gasteiger partial charge on any atom is 0.358 e. The van der Waals surface area contributed by atoms with E-state index < -0.39 is 5.97 Å². The first-order chi connectivity index (χ1) is 5.77. The zero-order valence-electron chi connectivity index (χ0n) is 6.77. The van der Waals surface area contributed by atoms with E-state index in [0.717, 1.165) is 0 Å². The molecule has 0 spiro atoms. The predicted molar refractivity (Wildman–Crippen MR) is 39.9 cm³/mol. The van der Waals surface area contributed by atoms with Crippen molar-refractivity contribution < 1.29 is 14.3 Å². The number of ether oxygens (including phenoxy) is 2. The summed E-state index contributed by atoms with van der Waals surface area (Å²) >= 11 is 0. The Morgan fingerprint density at radius 1 is 1.50 bits per heavy atom. The van der Waals surface area contributed by atoms with Gasteiger partial charge in [0.2, 0.25) is 0 Å². The van der Waals surface area contributed by atoms with Gasteiger partial charge in [-0.15, -0.1) is 5.10 Å². The highest BCUT2D eigenvalue weighted by Crippen LogP contribution is 2.08. The Bertz CT molecular complexity index is 288. The van der Waals surface area contributed by atoms with Crippen molar-refractivity contribution in [3.63, 3.8) is 0 Å². The Kier molecular flexibility index (Phi) is 2.57. The van der Waals surface area contributed by atoms with E-state index in [1.54, 1.807) is 0 Å². The molecule has 0 saturated heterocycles. The normalized spacial score (nSPS) is 9.17. The van der Waals surface area contributed by atoms with Crippen LogP contribution in [-0.4, -0.2) is 30.4 Å². The summed E-state index contributed by atoms with van der Waals surface area (Å²) in [4.78, 5) is 10.9. The Balaban J connectivity index is 2.93. The van der Waals surface area contributed by atoms with Crippen LogP contribution in [0.5, 0.6) is 5.75 Å². The fourth-order valence-corrected chi connectivity index (χ4v) is 0.665. The molecule has 0 N–H and O–H groups in total. The molecule has 0 atom stereocenters. The third-order valence-corrected chi connectivity index (χ3v) is 1.26. The van der Waals surface area contributed by atoms with E-state index in [4.69, 9.17) is 4.74 Å². The molecule has 0 unspecified atom stereocenters. The molecule has 12 heavy (non-hydrogen) atoms. The topological polar surface area (TPSA) is 61.3 Å². The minimum Gasteiger partial charge on any atom is -0.495 e. The number of carbonyl (C=O) groups excluding carboxylic acids is 1. The van der Waals surface area contributed by atoms with Crippen LogP contribution in [0.4, 0.5) is 0 Å². The Morgan fingerprint density at radius 3 is 2.83 bits per heavy atom. The van der Waals surface area contributed by atoms with E-state index in [1.165, 1.54) is 26.5 Å². The van der Waals surface area contributed by atoms with Gasteiger partial charge >= 0.3 is 5.97 Å². The summed E-state index contributed by atoms with van der Waals surface area (Å²) in [7, 11) is 2.77. The Morgan fingerprint density at radius 2 is 2.25 bits per heavy atom. The number of hydrogen-bond donors (Lipinski definition) is 0.